The second-order valence-corrected chi connectivity index (χ2v) is 5.03. The predicted octanol–water partition coefficient (Wildman–Crippen LogP) is 1.88. The van der Waals surface area contributed by atoms with Gasteiger partial charge >= 0.3 is 0 Å². The van der Waals surface area contributed by atoms with E-state index in [-0.39, 0.29) is 5.56 Å². The molecule has 2 rings (SSSR count). The molecule has 0 aromatic heterocycles. The Balaban J connectivity index is 2.37. The highest BCUT2D eigenvalue weighted by Gasteiger charge is 2.14. The highest BCUT2D eigenvalue weighted by molar-refractivity contribution is 6.06. The Morgan fingerprint density at radius 3 is 2.21 bits per heavy atom. The summed E-state index contributed by atoms with van der Waals surface area (Å²) in [4.78, 5) is 23.7. The number of carbonyl (C=O) groups is 2. The smallest absolute Gasteiger partial charge is 0.255 e. The normalized spacial score (nSPS) is 10.1. The quantitative estimate of drug-likeness (QED) is 0.875. The monoisotopic (exact) mass is 328 g/mol. The third kappa shape index (κ3) is 3.65. The molecule has 24 heavy (non-hydrogen) atoms. The van der Waals surface area contributed by atoms with E-state index in [4.69, 9.17) is 9.47 Å². The van der Waals surface area contributed by atoms with E-state index in [1.54, 1.807) is 30.3 Å². The summed E-state index contributed by atoms with van der Waals surface area (Å²) in [6, 6.07) is 9.48. The summed E-state index contributed by atoms with van der Waals surface area (Å²) in [7, 11) is 2.99. The van der Waals surface area contributed by atoms with E-state index in [1.807, 2.05) is 6.92 Å². The summed E-state index contributed by atoms with van der Waals surface area (Å²) in [5.41, 5.74) is 1.36. The van der Waals surface area contributed by atoms with Crippen LogP contribution >= 0.6 is 0 Å². The van der Waals surface area contributed by atoms with Gasteiger partial charge in [0.25, 0.3) is 5.91 Å². The Bertz CT molecular complexity index is 748. The first kappa shape index (κ1) is 17.3. The van der Waals surface area contributed by atoms with Gasteiger partial charge < -0.3 is 24.7 Å². The van der Waals surface area contributed by atoms with Crippen molar-refractivity contribution >= 4 is 17.6 Å². The molecule has 1 N–H and O–H groups in total. The summed E-state index contributed by atoms with van der Waals surface area (Å²) < 4.78 is 10.3. The molecule has 1 amide bonds. The van der Waals surface area contributed by atoms with Crippen LogP contribution in [0.2, 0.25) is 0 Å². The number of hydrogen-bond acceptors (Lipinski definition) is 5. The van der Waals surface area contributed by atoms with Gasteiger partial charge in [-0.2, -0.15) is 0 Å². The average molecular weight is 328 g/mol. The number of carbonyl (C=O) groups excluding carboxylic acids is 2. The molecule has 0 aliphatic carbocycles. The zero-order chi connectivity index (χ0) is 17.7. The lowest BCUT2D eigenvalue weighted by atomic mass is 10.0. The predicted molar refractivity (Wildman–Crippen MR) is 87.6 cm³/mol. The Labute approximate surface area is 140 Å². The van der Waals surface area contributed by atoms with E-state index in [9.17, 15) is 14.7 Å². The largest absolute Gasteiger partial charge is 0.545 e. The minimum atomic E-state index is -1.27. The van der Waals surface area contributed by atoms with Gasteiger partial charge in [0.1, 0.15) is 11.5 Å². The molecule has 0 unspecified atom stereocenters. The summed E-state index contributed by atoms with van der Waals surface area (Å²) in [6.45, 7) is 1.81. The van der Waals surface area contributed by atoms with E-state index in [2.05, 4.69) is 5.32 Å². The van der Waals surface area contributed by atoms with Gasteiger partial charge in [-0.25, -0.2) is 0 Å². The van der Waals surface area contributed by atoms with Crippen molar-refractivity contribution in [2.24, 2.45) is 0 Å². The van der Waals surface area contributed by atoms with Gasteiger partial charge in [0.15, 0.2) is 0 Å². The number of aromatic carboxylic acids is 1. The number of carboxylic acid groups (broad SMARTS) is 1. The SMILES string of the molecule is CCc1c(NC(=O)c2cc(OC)cc(OC)c2)cccc1C(=O)[O-]. The van der Waals surface area contributed by atoms with E-state index >= 15 is 0 Å². The van der Waals surface area contributed by atoms with E-state index in [0.29, 0.717) is 34.7 Å². The molecule has 0 bridgehead atoms. The molecule has 2 aromatic carbocycles. The second kappa shape index (κ2) is 7.50. The molecule has 0 aliphatic heterocycles. The van der Waals surface area contributed by atoms with Gasteiger partial charge in [-0.05, 0) is 30.2 Å². The summed E-state index contributed by atoms with van der Waals surface area (Å²) in [5.74, 6) is -0.694. The van der Waals surface area contributed by atoms with Crippen molar-refractivity contribution in [3.05, 3.63) is 53.1 Å². The van der Waals surface area contributed by atoms with Crippen LogP contribution in [0.1, 0.15) is 33.2 Å². The zero-order valence-corrected chi connectivity index (χ0v) is 13.7. The number of carboxylic acids is 1. The molecule has 0 saturated carbocycles. The van der Waals surface area contributed by atoms with Crippen molar-refractivity contribution in [3.8, 4) is 11.5 Å². The molecule has 6 heteroatoms. The van der Waals surface area contributed by atoms with Crippen LogP contribution in [0.15, 0.2) is 36.4 Å². The molecule has 126 valence electrons. The average Bonchev–Trinajstić information content (AvgIpc) is 2.60. The number of anilines is 1. The van der Waals surface area contributed by atoms with Crippen molar-refractivity contribution in [1.82, 2.24) is 0 Å². The topological polar surface area (TPSA) is 87.7 Å². The van der Waals surface area contributed by atoms with Gasteiger partial charge in [-0.15, -0.1) is 0 Å². The van der Waals surface area contributed by atoms with Crippen LogP contribution in [0.3, 0.4) is 0 Å². The Kier molecular flexibility index (Phi) is 5.42. The van der Waals surface area contributed by atoms with Crippen molar-refractivity contribution < 1.29 is 24.2 Å². The Morgan fingerprint density at radius 1 is 1.08 bits per heavy atom. The number of rotatable bonds is 6. The van der Waals surface area contributed by atoms with Gasteiger partial charge in [0, 0.05) is 22.9 Å². The highest BCUT2D eigenvalue weighted by Crippen LogP contribution is 2.25. The fraction of sp³-hybridized carbons (Fsp3) is 0.222. The minimum absolute atomic E-state index is 0.0681. The fourth-order valence-electron chi connectivity index (χ4n) is 2.41. The Hall–Kier alpha value is -3.02. The van der Waals surface area contributed by atoms with Gasteiger partial charge in [0.2, 0.25) is 0 Å². The van der Waals surface area contributed by atoms with Crippen LogP contribution in [0.25, 0.3) is 0 Å². The highest BCUT2D eigenvalue weighted by atomic mass is 16.5. The van der Waals surface area contributed by atoms with Crippen LogP contribution < -0.4 is 19.9 Å². The number of hydrogen-bond donors (Lipinski definition) is 1. The molecule has 0 atom stereocenters. The maximum Gasteiger partial charge on any atom is 0.255 e. The van der Waals surface area contributed by atoms with Crippen molar-refractivity contribution in [2.75, 3.05) is 19.5 Å². The number of amides is 1. The van der Waals surface area contributed by atoms with E-state index in [0.717, 1.165) is 0 Å². The standard InChI is InChI=1S/C18H19NO5/c1-4-14-15(18(21)22)6-5-7-16(14)19-17(20)11-8-12(23-2)10-13(9-11)24-3/h5-10H,4H2,1-3H3,(H,19,20)(H,21,22)/p-1. The van der Waals surface area contributed by atoms with Gasteiger partial charge in [-0.1, -0.05) is 19.1 Å². The van der Waals surface area contributed by atoms with Gasteiger partial charge in [0.05, 0.1) is 20.2 Å². The number of benzene rings is 2. The fourth-order valence-corrected chi connectivity index (χ4v) is 2.41. The van der Waals surface area contributed by atoms with Crippen LogP contribution in [-0.4, -0.2) is 26.1 Å². The molecule has 0 heterocycles. The van der Waals surface area contributed by atoms with Crippen molar-refractivity contribution in [1.29, 1.82) is 0 Å². The third-order valence-corrected chi connectivity index (χ3v) is 3.61. The molecule has 0 spiro atoms. The maximum atomic E-state index is 12.5. The lowest BCUT2D eigenvalue weighted by Gasteiger charge is -2.15. The van der Waals surface area contributed by atoms with Crippen LogP contribution in [0.5, 0.6) is 11.5 Å². The molecule has 0 fully saturated rings. The van der Waals surface area contributed by atoms with Crippen LogP contribution in [-0.2, 0) is 6.42 Å². The first-order chi connectivity index (χ1) is 11.5. The Morgan fingerprint density at radius 2 is 1.71 bits per heavy atom. The number of ether oxygens (including phenoxy) is 2. The lowest BCUT2D eigenvalue weighted by Crippen LogP contribution is -2.24. The maximum absolute atomic E-state index is 12.5. The molecule has 0 radical (unpaired) electrons. The van der Waals surface area contributed by atoms with E-state index < -0.39 is 11.9 Å². The van der Waals surface area contributed by atoms with Crippen LogP contribution in [0.4, 0.5) is 5.69 Å². The van der Waals surface area contributed by atoms with Crippen molar-refractivity contribution in [3.63, 3.8) is 0 Å². The first-order valence-electron chi connectivity index (χ1n) is 7.37. The van der Waals surface area contributed by atoms with Crippen LogP contribution in [0, 0.1) is 0 Å². The molecular weight excluding hydrogens is 310 g/mol. The van der Waals surface area contributed by atoms with E-state index in [1.165, 1.54) is 20.3 Å². The zero-order valence-electron chi connectivity index (χ0n) is 13.7. The summed E-state index contributed by atoms with van der Waals surface area (Å²) in [6.07, 6.45) is 0.446. The second-order valence-electron chi connectivity index (χ2n) is 5.03. The third-order valence-electron chi connectivity index (χ3n) is 3.61. The molecule has 2 aromatic rings. The number of nitrogens with one attached hydrogen (secondary N) is 1. The summed E-state index contributed by atoms with van der Waals surface area (Å²) >= 11 is 0. The first-order valence-corrected chi connectivity index (χ1v) is 7.37. The summed E-state index contributed by atoms with van der Waals surface area (Å²) in [5, 5.41) is 13.9. The molecule has 0 saturated heterocycles. The van der Waals surface area contributed by atoms with Crippen molar-refractivity contribution in [2.45, 2.75) is 13.3 Å². The molecule has 0 aliphatic rings. The molecular formula is C18H18NO5-. The van der Waals surface area contributed by atoms with Gasteiger partial charge in [-0.3, -0.25) is 4.79 Å². The minimum Gasteiger partial charge on any atom is -0.545 e. The lowest BCUT2D eigenvalue weighted by molar-refractivity contribution is -0.255. The molecule has 6 nitrogen and oxygen atoms in total. The number of methoxy groups -OCH3 is 2.